The number of ether oxygens (including phenoxy) is 1. The molecule has 0 fully saturated rings. The molecular formula is C25H30FN3O3. The highest BCUT2D eigenvalue weighted by molar-refractivity contribution is 6.08. The highest BCUT2D eigenvalue weighted by atomic mass is 19.1. The van der Waals surface area contributed by atoms with Crippen molar-refractivity contribution in [3.63, 3.8) is 0 Å². The zero-order valence-electron chi connectivity index (χ0n) is 19.1. The van der Waals surface area contributed by atoms with Gasteiger partial charge in [-0.1, -0.05) is 12.1 Å². The summed E-state index contributed by atoms with van der Waals surface area (Å²) in [6.45, 7) is 10.0. The van der Waals surface area contributed by atoms with E-state index in [9.17, 15) is 14.0 Å². The van der Waals surface area contributed by atoms with Gasteiger partial charge >= 0.3 is 0 Å². The van der Waals surface area contributed by atoms with Crippen molar-refractivity contribution in [3.05, 3.63) is 65.1 Å². The summed E-state index contributed by atoms with van der Waals surface area (Å²) in [4.78, 5) is 27.1. The number of hydrogen-bond acceptors (Lipinski definition) is 3. The van der Waals surface area contributed by atoms with Crippen LogP contribution in [0.25, 0.3) is 10.9 Å². The minimum absolute atomic E-state index is 0.0489. The SMILES string of the molecule is CCN(CC)C(=O)COc1ccc2c(c1)c(C(=O)NCc1ccc(F)cc1)c(C)n2CC. The molecule has 1 N–H and O–H groups in total. The number of carbonyl (C=O) groups is 2. The van der Waals surface area contributed by atoms with E-state index in [1.165, 1.54) is 12.1 Å². The Morgan fingerprint density at radius 1 is 1.06 bits per heavy atom. The van der Waals surface area contributed by atoms with Gasteiger partial charge in [-0.2, -0.15) is 0 Å². The van der Waals surface area contributed by atoms with Crippen molar-refractivity contribution in [3.8, 4) is 5.75 Å². The number of aryl methyl sites for hydroxylation is 1. The van der Waals surface area contributed by atoms with E-state index in [-0.39, 0.29) is 24.2 Å². The fraction of sp³-hybridized carbons (Fsp3) is 0.360. The molecule has 170 valence electrons. The van der Waals surface area contributed by atoms with Crippen molar-refractivity contribution >= 4 is 22.7 Å². The highest BCUT2D eigenvalue weighted by Crippen LogP contribution is 2.29. The Morgan fingerprint density at radius 3 is 2.38 bits per heavy atom. The van der Waals surface area contributed by atoms with Crippen molar-refractivity contribution in [1.82, 2.24) is 14.8 Å². The van der Waals surface area contributed by atoms with E-state index >= 15 is 0 Å². The maximum absolute atomic E-state index is 13.1. The van der Waals surface area contributed by atoms with Gasteiger partial charge in [-0.25, -0.2) is 4.39 Å². The van der Waals surface area contributed by atoms with Crippen LogP contribution in [-0.2, 0) is 17.9 Å². The van der Waals surface area contributed by atoms with Crippen molar-refractivity contribution in [2.45, 2.75) is 40.8 Å². The van der Waals surface area contributed by atoms with E-state index in [1.54, 1.807) is 17.0 Å². The average Bonchev–Trinajstić information content (AvgIpc) is 3.08. The van der Waals surface area contributed by atoms with Crippen molar-refractivity contribution < 1.29 is 18.7 Å². The van der Waals surface area contributed by atoms with Crippen LogP contribution in [0.4, 0.5) is 4.39 Å². The molecule has 0 radical (unpaired) electrons. The Labute approximate surface area is 188 Å². The zero-order valence-corrected chi connectivity index (χ0v) is 19.1. The normalized spacial score (nSPS) is 10.9. The summed E-state index contributed by atoms with van der Waals surface area (Å²) in [6, 6.07) is 11.6. The average molecular weight is 440 g/mol. The third kappa shape index (κ3) is 4.93. The number of rotatable bonds is 9. The number of nitrogens with zero attached hydrogens (tertiary/aromatic N) is 2. The monoisotopic (exact) mass is 439 g/mol. The predicted molar refractivity (Wildman–Crippen MR) is 123 cm³/mol. The number of aromatic nitrogens is 1. The first kappa shape index (κ1) is 23.3. The molecule has 0 aliphatic carbocycles. The van der Waals surface area contributed by atoms with Gasteiger partial charge in [0.1, 0.15) is 11.6 Å². The van der Waals surface area contributed by atoms with Crippen LogP contribution in [-0.4, -0.2) is 41.0 Å². The Hall–Kier alpha value is -3.35. The van der Waals surface area contributed by atoms with Gasteiger partial charge < -0.3 is 19.5 Å². The zero-order chi connectivity index (χ0) is 23.3. The largest absolute Gasteiger partial charge is 0.484 e. The molecule has 0 unspecified atom stereocenters. The number of benzene rings is 2. The van der Waals surface area contributed by atoms with Crippen LogP contribution in [0.15, 0.2) is 42.5 Å². The van der Waals surface area contributed by atoms with Crippen LogP contribution in [0.2, 0.25) is 0 Å². The van der Waals surface area contributed by atoms with Gasteiger partial charge in [-0.3, -0.25) is 9.59 Å². The van der Waals surface area contributed by atoms with Gasteiger partial charge in [0.05, 0.1) is 5.56 Å². The summed E-state index contributed by atoms with van der Waals surface area (Å²) in [5.41, 5.74) is 3.18. The number of likely N-dealkylation sites (N-methyl/N-ethyl adjacent to an activating group) is 1. The third-order valence-corrected chi connectivity index (χ3v) is 5.68. The predicted octanol–water partition coefficient (Wildman–Crippen LogP) is 4.29. The van der Waals surface area contributed by atoms with Gasteiger partial charge in [0, 0.05) is 42.8 Å². The van der Waals surface area contributed by atoms with E-state index in [0.29, 0.717) is 37.5 Å². The highest BCUT2D eigenvalue weighted by Gasteiger charge is 2.20. The molecule has 0 atom stereocenters. The Morgan fingerprint density at radius 2 is 1.75 bits per heavy atom. The molecule has 3 rings (SSSR count). The number of nitrogens with one attached hydrogen (secondary N) is 1. The van der Waals surface area contributed by atoms with Crippen LogP contribution in [0, 0.1) is 12.7 Å². The Balaban J connectivity index is 1.85. The van der Waals surface area contributed by atoms with Crippen LogP contribution in [0.3, 0.4) is 0 Å². The van der Waals surface area contributed by atoms with E-state index in [0.717, 1.165) is 22.2 Å². The lowest BCUT2D eigenvalue weighted by Crippen LogP contribution is -2.34. The maximum atomic E-state index is 13.1. The Kier molecular flexibility index (Phi) is 7.51. The van der Waals surface area contributed by atoms with E-state index in [1.807, 2.05) is 45.9 Å². The second kappa shape index (κ2) is 10.3. The topological polar surface area (TPSA) is 63.6 Å². The lowest BCUT2D eigenvalue weighted by molar-refractivity contribution is -0.132. The number of halogens is 1. The van der Waals surface area contributed by atoms with Crippen molar-refractivity contribution in [1.29, 1.82) is 0 Å². The first-order valence-corrected chi connectivity index (χ1v) is 11.0. The van der Waals surface area contributed by atoms with Crippen LogP contribution >= 0.6 is 0 Å². The summed E-state index contributed by atoms with van der Waals surface area (Å²) in [5, 5.41) is 3.70. The molecule has 7 heteroatoms. The van der Waals surface area contributed by atoms with E-state index in [2.05, 4.69) is 9.88 Å². The first-order chi connectivity index (χ1) is 15.4. The number of fused-ring (bicyclic) bond motifs is 1. The summed E-state index contributed by atoms with van der Waals surface area (Å²) in [6.07, 6.45) is 0. The van der Waals surface area contributed by atoms with Gasteiger partial charge in [0.2, 0.25) is 0 Å². The van der Waals surface area contributed by atoms with Crippen molar-refractivity contribution in [2.75, 3.05) is 19.7 Å². The molecule has 0 spiro atoms. The van der Waals surface area contributed by atoms with Crippen LogP contribution in [0.1, 0.15) is 42.4 Å². The fourth-order valence-electron chi connectivity index (χ4n) is 3.93. The first-order valence-electron chi connectivity index (χ1n) is 11.0. The molecule has 0 saturated heterocycles. The molecule has 0 aliphatic rings. The van der Waals surface area contributed by atoms with Crippen LogP contribution < -0.4 is 10.1 Å². The molecule has 1 heterocycles. The van der Waals surface area contributed by atoms with Gasteiger partial charge in [-0.05, 0) is 63.6 Å². The lowest BCUT2D eigenvalue weighted by Gasteiger charge is -2.18. The second-order valence-electron chi connectivity index (χ2n) is 7.55. The van der Waals surface area contributed by atoms with E-state index in [4.69, 9.17) is 4.74 Å². The van der Waals surface area contributed by atoms with Crippen molar-refractivity contribution in [2.24, 2.45) is 0 Å². The minimum atomic E-state index is -0.311. The number of amides is 2. The fourth-order valence-corrected chi connectivity index (χ4v) is 3.93. The smallest absolute Gasteiger partial charge is 0.260 e. The lowest BCUT2D eigenvalue weighted by atomic mass is 10.1. The van der Waals surface area contributed by atoms with Crippen LogP contribution in [0.5, 0.6) is 5.75 Å². The van der Waals surface area contributed by atoms with Gasteiger partial charge in [0.25, 0.3) is 11.8 Å². The second-order valence-corrected chi connectivity index (χ2v) is 7.55. The number of carbonyl (C=O) groups excluding carboxylic acids is 2. The molecule has 2 amide bonds. The molecule has 0 aliphatic heterocycles. The standard InChI is InChI=1S/C25H30FN3O3/c1-5-28(6-2)23(30)16-32-20-12-13-22-21(14-20)24(17(4)29(22)7-3)25(31)27-15-18-8-10-19(26)11-9-18/h8-14H,5-7,15-16H2,1-4H3,(H,27,31). The van der Waals surface area contributed by atoms with E-state index < -0.39 is 0 Å². The van der Waals surface area contributed by atoms with Gasteiger partial charge in [-0.15, -0.1) is 0 Å². The molecule has 0 saturated carbocycles. The van der Waals surface area contributed by atoms with Gasteiger partial charge in [0.15, 0.2) is 6.61 Å². The summed E-state index contributed by atoms with van der Waals surface area (Å²) in [5.74, 6) is -0.0529. The molecule has 1 aromatic heterocycles. The summed E-state index contributed by atoms with van der Waals surface area (Å²) < 4.78 is 21.0. The quantitative estimate of drug-likeness (QED) is 0.541. The molecule has 0 bridgehead atoms. The molecule has 32 heavy (non-hydrogen) atoms. The third-order valence-electron chi connectivity index (χ3n) is 5.68. The number of hydrogen-bond donors (Lipinski definition) is 1. The summed E-state index contributed by atoms with van der Waals surface area (Å²) in [7, 11) is 0. The maximum Gasteiger partial charge on any atom is 0.260 e. The molecule has 3 aromatic rings. The molecule has 2 aromatic carbocycles. The minimum Gasteiger partial charge on any atom is -0.484 e. The summed E-state index contributed by atoms with van der Waals surface area (Å²) >= 11 is 0. The molecular weight excluding hydrogens is 409 g/mol. The molecule has 6 nitrogen and oxygen atoms in total. The Bertz CT molecular complexity index is 1100.